The number of thiazole rings is 1. The van der Waals surface area contributed by atoms with Crippen LogP contribution in [0.3, 0.4) is 0 Å². The molecule has 1 heterocycles. The van der Waals surface area contributed by atoms with Crippen molar-refractivity contribution in [3.63, 3.8) is 0 Å². The van der Waals surface area contributed by atoms with Crippen molar-refractivity contribution in [3.05, 3.63) is 62.9 Å². The summed E-state index contributed by atoms with van der Waals surface area (Å²) >= 11 is 4.96. The predicted molar refractivity (Wildman–Crippen MR) is 99.3 cm³/mol. The highest BCUT2D eigenvalue weighted by molar-refractivity contribution is 9.10. The zero-order valence-electron chi connectivity index (χ0n) is 13.3. The van der Waals surface area contributed by atoms with E-state index in [2.05, 4.69) is 27.4 Å². The van der Waals surface area contributed by atoms with Crippen molar-refractivity contribution in [1.29, 1.82) is 0 Å². The van der Waals surface area contributed by atoms with Crippen LogP contribution in [0, 0.1) is 5.82 Å². The first-order valence-electron chi connectivity index (χ1n) is 7.45. The van der Waals surface area contributed by atoms with E-state index in [0.717, 1.165) is 32.8 Å². The van der Waals surface area contributed by atoms with Gasteiger partial charge in [0.25, 0.3) is 0 Å². The third-order valence-electron chi connectivity index (χ3n) is 3.61. The molecule has 2 aromatic carbocycles. The van der Waals surface area contributed by atoms with Crippen LogP contribution < -0.4 is 9.54 Å². The Morgan fingerprint density at radius 2 is 1.96 bits per heavy atom. The first-order valence-corrected chi connectivity index (χ1v) is 9.12. The van der Waals surface area contributed by atoms with Gasteiger partial charge in [-0.25, -0.2) is 9.38 Å². The highest BCUT2D eigenvalue weighted by atomic mass is 79.9. The molecule has 3 nitrogen and oxygen atoms in total. The van der Waals surface area contributed by atoms with Crippen molar-refractivity contribution >= 4 is 33.0 Å². The second-order valence-electron chi connectivity index (χ2n) is 5.09. The van der Waals surface area contributed by atoms with E-state index in [1.807, 2.05) is 35.7 Å². The number of hydrogen-bond acceptors (Lipinski definition) is 3. The molecule has 0 aliphatic carbocycles. The zero-order chi connectivity index (χ0) is 17.1. The number of methoxy groups -OCH3 is 1. The fourth-order valence-corrected chi connectivity index (χ4v) is 3.66. The smallest absolute Gasteiger partial charge is 0.190 e. The summed E-state index contributed by atoms with van der Waals surface area (Å²) in [7, 11) is 1.46. The van der Waals surface area contributed by atoms with Crippen molar-refractivity contribution < 1.29 is 9.13 Å². The van der Waals surface area contributed by atoms with Gasteiger partial charge >= 0.3 is 0 Å². The lowest BCUT2D eigenvalue weighted by molar-refractivity contribution is 0.386. The number of ether oxygens (including phenoxy) is 1. The minimum Gasteiger partial charge on any atom is -0.494 e. The van der Waals surface area contributed by atoms with E-state index in [0.29, 0.717) is 0 Å². The van der Waals surface area contributed by atoms with Gasteiger partial charge in [-0.3, -0.25) is 0 Å². The van der Waals surface area contributed by atoms with Gasteiger partial charge < -0.3 is 9.30 Å². The van der Waals surface area contributed by atoms with Gasteiger partial charge in [0, 0.05) is 22.0 Å². The molecule has 0 bridgehead atoms. The highest BCUT2D eigenvalue weighted by Gasteiger charge is 2.10. The molecule has 0 atom stereocenters. The maximum atomic E-state index is 14.0. The van der Waals surface area contributed by atoms with Crippen LogP contribution in [0.25, 0.3) is 11.3 Å². The molecule has 3 rings (SSSR count). The van der Waals surface area contributed by atoms with Gasteiger partial charge in [0.2, 0.25) is 0 Å². The van der Waals surface area contributed by atoms with E-state index in [9.17, 15) is 4.39 Å². The van der Waals surface area contributed by atoms with Crippen LogP contribution in [-0.4, -0.2) is 11.7 Å². The SMILES string of the molecule is CCn1c(-c2ccc(OC)c(F)c2)csc1=Nc1ccc(Br)cc1. The molecule has 0 aliphatic rings. The lowest BCUT2D eigenvalue weighted by atomic mass is 10.1. The van der Waals surface area contributed by atoms with Gasteiger partial charge in [-0.1, -0.05) is 15.9 Å². The Hall–Kier alpha value is -1.92. The van der Waals surface area contributed by atoms with Crippen LogP contribution in [0.15, 0.2) is 57.3 Å². The Kier molecular flexibility index (Phi) is 5.16. The maximum absolute atomic E-state index is 14.0. The van der Waals surface area contributed by atoms with Gasteiger partial charge in [-0.2, -0.15) is 0 Å². The number of halogens is 2. The van der Waals surface area contributed by atoms with Crippen molar-refractivity contribution in [2.24, 2.45) is 4.99 Å². The Balaban J connectivity index is 2.07. The lowest BCUT2D eigenvalue weighted by Gasteiger charge is -2.08. The predicted octanol–water partition coefficient (Wildman–Crippen LogP) is 5.38. The first kappa shape index (κ1) is 16.9. The van der Waals surface area contributed by atoms with E-state index in [1.165, 1.54) is 13.2 Å². The summed E-state index contributed by atoms with van der Waals surface area (Å²) in [4.78, 5) is 5.58. The van der Waals surface area contributed by atoms with Crippen LogP contribution in [-0.2, 0) is 6.54 Å². The minimum absolute atomic E-state index is 0.247. The molecule has 24 heavy (non-hydrogen) atoms. The van der Waals surface area contributed by atoms with Crippen LogP contribution in [0.2, 0.25) is 0 Å². The number of rotatable bonds is 4. The fourth-order valence-electron chi connectivity index (χ4n) is 2.41. The average molecular weight is 407 g/mol. The van der Waals surface area contributed by atoms with Crippen molar-refractivity contribution in [3.8, 4) is 17.0 Å². The topological polar surface area (TPSA) is 26.5 Å². The van der Waals surface area contributed by atoms with Gasteiger partial charge in [0.1, 0.15) is 0 Å². The second-order valence-corrected chi connectivity index (χ2v) is 6.84. The first-order chi connectivity index (χ1) is 11.6. The standard InChI is InChI=1S/C18H16BrFN2OS/c1-3-22-16(12-4-9-17(23-2)15(20)10-12)11-24-18(22)21-14-7-5-13(19)6-8-14/h4-11H,3H2,1-2H3. The summed E-state index contributed by atoms with van der Waals surface area (Å²) in [5.74, 6) is -0.118. The monoisotopic (exact) mass is 406 g/mol. The van der Waals surface area contributed by atoms with E-state index >= 15 is 0 Å². The Morgan fingerprint density at radius 3 is 2.58 bits per heavy atom. The molecule has 1 aromatic heterocycles. The van der Waals surface area contributed by atoms with E-state index in [1.54, 1.807) is 17.4 Å². The van der Waals surface area contributed by atoms with Crippen LogP contribution in [0.1, 0.15) is 6.92 Å². The second kappa shape index (κ2) is 7.32. The van der Waals surface area contributed by atoms with E-state index < -0.39 is 0 Å². The summed E-state index contributed by atoms with van der Waals surface area (Å²) in [5.41, 5.74) is 2.64. The molecule has 0 aliphatic heterocycles. The molecule has 0 saturated carbocycles. The summed E-state index contributed by atoms with van der Waals surface area (Å²) in [6, 6.07) is 12.8. The lowest BCUT2D eigenvalue weighted by Crippen LogP contribution is -2.14. The fraction of sp³-hybridized carbons (Fsp3) is 0.167. The third kappa shape index (κ3) is 3.44. The highest BCUT2D eigenvalue weighted by Crippen LogP contribution is 2.26. The van der Waals surface area contributed by atoms with Crippen molar-refractivity contribution in [1.82, 2.24) is 4.57 Å². The quantitative estimate of drug-likeness (QED) is 0.571. The molecular weight excluding hydrogens is 391 g/mol. The number of nitrogens with zero attached hydrogens (tertiary/aromatic N) is 2. The zero-order valence-corrected chi connectivity index (χ0v) is 15.7. The third-order valence-corrected chi connectivity index (χ3v) is 5.01. The normalized spacial score (nSPS) is 11.8. The number of benzene rings is 2. The molecule has 0 saturated heterocycles. The Morgan fingerprint density at radius 1 is 1.21 bits per heavy atom. The van der Waals surface area contributed by atoms with Crippen LogP contribution >= 0.6 is 27.3 Å². The number of hydrogen-bond donors (Lipinski definition) is 0. The number of aromatic nitrogens is 1. The van der Waals surface area contributed by atoms with Crippen molar-refractivity contribution in [2.75, 3.05) is 7.11 Å². The van der Waals surface area contributed by atoms with Crippen molar-refractivity contribution in [2.45, 2.75) is 13.5 Å². The molecule has 0 radical (unpaired) electrons. The minimum atomic E-state index is -0.366. The molecule has 0 N–H and O–H groups in total. The maximum Gasteiger partial charge on any atom is 0.190 e. The molecule has 6 heteroatoms. The van der Waals surface area contributed by atoms with Gasteiger partial charge in [0.05, 0.1) is 18.5 Å². The van der Waals surface area contributed by atoms with Crippen LogP contribution in [0.4, 0.5) is 10.1 Å². The average Bonchev–Trinajstić information content (AvgIpc) is 2.99. The van der Waals surface area contributed by atoms with Crippen LogP contribution in [0.5, 0.6) is 5.75 Å². The van der Waals surface area contributed by atoms with Gasteiger partial charge in [0.15, 0.2) is 16.4 Å². The molecular formula is C18H16BrFN2OS. The summed E-state index contributed by atoms with van der Waals surface area (Å²) in [6.07, 6.45) is 0. The van der Waals surface area contributed by atoms with Gasteiger partial charge in [-0.15, -0.1) is 11.3 Å². The summed E-state index contributed by atoms with van der Waals surface area (Å²) < 4.78 is 22.1. The largest absolute Gasteiger partial charge is 0.494 e. The molecule has 0 fully saturated rings. The molecule has 3 aromatic rings. The summed E-state index contributed by atoms with van der Waals surface area (Å²) in [6.45, 7) is 2.80. The summed E-state index contributed by atoms with van der Waals surface area (Å²) in [5, 5.41) is 2.00. The molecule has 124 valence electrons. The van der Waals surface area contributed by atoms with Gasteiger partial charge in [-0.05, 0) is 49.4 Å². The Bertz CT molecular complexity index is 916. The van der Waals surface area contributed by atoms with E-state index in [-0.39, 0.29) is 11.6 Å². The molecule has 0 amide bonds. The Labute approximate surface area is 152 Å². The molecule has 0 unspecified atom stereocenters. The molecule has 0 spiro atoms. The van der Waals surface area contributed by atoms with E-state index in [4.69, 9.17) is 9.73 Å².